The van der Waals surface area contributed by atoms with Crippen LogP contribution in [0.5, 0.6) is 0 Å². The third kappa shape index (κ3) is 3.12. The number of benzene rings is 2. The molecule has 0 unspecified atom stereocenters. The van der Waals surface area contributed by atoms with E-state index in [1.165, 1.54) is 0 Å². The minimum absolute atomic E-state index is 0.142. The van der Waals surface area contributed by atoms with Gasteiger partial charge in [0.25, 0.3) is 0 Å². The van der Waals surface area contributed by atoms with Gasteiger partial charge in [0, 0.05) is 24.5 Å². The van der Waals surface area contributed by atoms with E-state index in [0.29, 0.717) is 18.1 Å². The average Bonchev–Trinajstić information content (AvgIpc) is 3.31. The second-order valence-electron chi connectivity index (χ2n) is 6.74. The topological polar surface area (TPSA) is 69.4 Å². The van der Waals surface area contributed by atoms with Gasteiger partial charge in [-0.25, -0.2) is 8.42 Å². The second-order valence-corrected chi connectivity index (χ2v) is 8.81. The second kappa shape index (κ2) is 6.90. The molecule has 0 amide bonds. The highest BCUT2D eigenvalue weighted by Crippen LogP contribution is 2.63. The molecule has 0 heterocycles. The van der Waals surface area contributed by atoms with Gasteiger partial charge in [-0.2, -0.15) is 0 Å². The normalized spacial score (nSPS) is 25.7. The van der Waals surface area contributed by atoms with Crippen LogP contribution >= 0.6 is 0 Å². The van der Waals surface area contributed by atoms with Gasteiger partial charge in [0.05, 0.1) is 16.8 Å². The predicted molar refractivity (Wildman–Crippen MR) is 99.3 cm³/mol. The maximum Gasteiger partial charge on any atom is 0.182 e. The minimum atomic E-state index is -3.49. The van der Waals surface area contributed by atoms with E-state index in [-0.39, 0.29) is 12.5 Å². The first-order valence-electron chi connectivity index (χ1n) is 8.60. The van der Waals surface area contributed by atoms with E-state index in [1.54, 1.807) is 12.1 Å². The van der Waals surface area contributed by atoms with Crippen molar-refractivity contribution in [3.8, 4) is 0 Å². The summed E-state index contributed by atoms with van der Waals surface area (Å²) >= 11 is 0. The van der Waals surface area contributed by atoms with Crippen LogP contribution in [0.1, 0.15) is 24.0 Å². The zero-order valence-electron chi connectivity index (χ0n) is 14.7. The smallest absolute Gasteiger partial charge is 0.182 e. The third-order valence-electron chi connectivity index (χ3n) is 5.18. The van der Waals surface area contributed by atoms with E-state index in [1.807, 2.05) is 56.3 Å². The molecule has 5 heteroatoms. The average molecular weight is 359 g/mol. The van der Waals surface area contributed by atoms with Gasteiger partial charge in [-0.05, 0) is 31.5 Å². The third-order valence-corrected chi connectivity index (χ3v) is 7.52. The predicted octanol–water partition coefficient (Wildman–Crippen LogP) is 2.92. The van der Waals surface area contributed by atoms with Crippen molar-refractivity contribution >= 4 is 9.84 Å². The lowest BCUT2D eigenvalue weighted by Gasteiger charge is -2.16. The Balaban J connectivity index is 2.03. The fourth-order valence-electron chi connectivity index (χ4n) is 3.75. The number of aryl methyl sites for hydroxylation is 1. The van der Waals surface area contributed by atoms with E-state index in [4.69, 9.17) is 10.5 Å². The molecule has 1 aliphatic rings. The number of rotatable bonds is 7. The fraction of sp³-hybridized carbons (Fsp3) is 0.400. The maximum atomic E-state index is 13.3. The van der Waals surface area contributed by atoms with E-state index in [2.05, 4.69) is 0 Å². The summed E-state index contributed by atoms with van der Waals surface area (Å²) in [5.41, 5.74) is 7.56. The highest BCUT2D eigenvalue weighted by molar-refractivity contribution is 7.92. The highest BCUT2D eigenvalue weighted by Gasteiger charge is 2.70. The molecule has 0 spiro atoms. The molecule has 0 bridgehead atoms. The van der Waals surface area contributed by atoms with Crippen LogP contribution < -0.4 is 5.73 Å². The summed E-state index contributed by atoms with van der Waals surface area (Å²) < 4.78 is 32.3. The SMILES string of the molecule is CCOC[C@@]1(CN)[C@H](S(=O)(=O)c2ccc(C)cc2)[C@@H]1c1ccccc1. The Kier molecular flexibility index (Phi) is 5.00. The molecular formula is C20H25NO3S. The van der Waals surface area contributed by atoms with Gasteiger partial charge in [-0.15, -0.1) is 0 Å². The number of nitrogens with two attached hydrogens (primary N) is 1. The quantitative estimate of drug-likeness (QED) is 0.825. The molecule has 25 heavy (non-hydrogen) atoms. The summed E-state index contributed by atoms with van der Waals surface area (Å²) in [4.78, 5) is 0.357. The van der Waals surface area contributed by atoms with Crippen LogP contribution in [-0.2, 0) is 14.6 Å². The van der Waals surface area contributed by atoms with Crippen LogP contribution in [0.4, 0.5) is 0 Å². The number of ether oxygens (including phenoxy) is 1. The van der Waals surface area contributed by atoms with E-state index < -0.39 is 20.5 Å². The molecule has 2 N–H and O–H groups in total. The molecule has 2 aromatic rings. The Bertz CT molecular complexity index is 818. The fourth-order valence-corrected chi connectivity index (χ4v) is 6.19. The van der Waals surface area contributed by atoms with Gasteiger partial charge in [-0.3, -0.25) is 0 Å². The van der Waals surface area contributed by atoms with E-state index in [9.17, 15) is 8.42 Å². The van der Waals surface area contributed by atoms with Crippen molar-refractivity contribution in [2.75, 3.05) is 19.8 Å². The van der Waals surface area contributed by atoms with E-state index in [0.717, 1.165) is 11.1 Å². The largest absolute Gasteiger partial charge is 0.381 e. The lowest BCUT2D eigenvalue weighted by atomic mass is 10.0. The van der Waals surface area contributed by atoms with Gasteiger partial charge in [0.1, 0.15) is 0 Å². The molecule has 134 valence electrons. The van der Waals surface area contributed by atoms with Crippen LogP contribution in [-0.4, -0.2) is 33.4 Å². The molecule has 4 nitrogen and oxygen atoms in total. The minimum Gasteiger partial charge on any atom is -0.381 e. The molecule has 1 aliphatic carbocycles. The zero-order valence-corrected chi connectivity index (χ0v) is 15.5. The summed E-state index contributed by atoms with van der Waals surface area (Å²) in [6, 6.07) is 16.8. The first-order chi connectivity index (χ1) is 12.0. The molecule has 3 atom stereocenters. The standard InChI is InChI=1S/C20H25NO3S/c1-3-24-14-20(13-21)18(16-7-5-4-6-8-16)19(20)25(22,23)17-11-9-15(2)10-12-17/h4-12,18-19H,3,13-14,21H2,1-2H3/t18-,19+,20+/m0/s1. The first-order valence-corrected chi connectivity index (χ1v) is 10.2. The highest BCUT2D eigenvalue weighted by atomic mass is 32.2. The Morgan fingerprint density at radius 1 is 1.08 bits per heavy atom. The molecule has 2 aromatic carbocycles. The lowest BCUT2D eigenvalue weighted by molar-refractivity contribution is 0.101. The summed E-state index contributed by atoms with van der Waals surface area (Å²) in [7, 11) is -3.49. The van der Waals surface area contributed by atoms with Gasteiger partial charge in [0.2, 0.25) is 0 Å². The molecule has 0 saturated heterocycles. The summed E-state index contributed by atoms with van der Waals surface area (Å²) in [6.07, 6.45) is 0. The van der Waals surface area contributed by atoms with E-state index >= 15 is 0 Å². The van der Waals surface area contributed by atoms with Gasteiger partial charge in [0.15, 0.2) is 9.84 Å². The molecule has 0 aliphatic heterocycles. The Morgan fingerprint density at radius 2 is 1.72 bits per heavy atom. The van der Waals surface area contributed by atoms with Crippen molar-refractivity contribution in [3.05, 3.63) is 65.7 Å². The Labute approximate surface area is 149 Å². The van der Waals surface area contributed by atoms with Crippen molar-refractivity contribution in [2.45, 2.75) is 29.9 Å². The van der Waals surface area contributed by atoms with Crippen LogP contribution in [0.25, 0.3) is 0 Å². The van der Waals surface area contributed by atoms with Crippen LogP contribution in [0.3, 0.4) is 0 Å². The number of hydrogen-bond donors (Lipinski definition) is 1. The Hall–Kier alpha value is -1.69. The Morgan fingerprint density at radius 3 is 2.28 bits per heavy atom. The van der Waals surface area contributed by atoms with Gasteiger partial charge >= 0.3 is 0 Å². The molecule has 1 fully saturated rings. The van der Waals surface area contributed by atoms with Crippen molar-refractivity contribution in [1.82, 2.24) is 0 Å². The summed E-state index contributed by atoms with van der Waals surface area (Å²) in [5, 5.41) is -0.554. The van der Waals surface area contributed by atoms with Gasteiger partial charge in [-0.1, -0.05) is 48.0 Å². The number of sulfone groups is 1. The van der Waals surface area contributed by atoms with Crippen LogP contribution in [0, 0.1) is 12.3 Å². The molecule has 1 saturated carbocycles. The zero-order chi connectivity index (χ0) is 18.1. The summed E-state index contributed by atoms with van der Waals surface area (Å²) in [5.74, 6) is -0.142. The van der Waals surface area contributed by atoms with Crippen molar-refractivity contribution in [3.63, 3.8) is 0 Å². The van der Waals surface area contributed by atoms with Gasteiger partial charge < -0.3 is 10.5 Å². The van der Waals surface area contributed by atoms with Crippen molar-refractivity contribution in [1.29, 1.82) is 0 Å². The van der Waals surface area contributed by atoms with Crippen molar-refractivity contribution < 1.29 is 13.2 Å². The first kappa shape index (κ1) is 18.1. The lowest BCUT2D eigenvalue weighted by Crippen LogP contribution is -2.29. The van der Waals surface area contributed by atoms with Crippen LogP contribution in [0.2, 0.25) is 0 Å². The monoisotopic (exact) mass is 359 g/mol. The molecule has 0 aromatic heterocycles. The molecular weight excluding hydrogens is 334 g/mol. The van der Waals surface area contributed by atoms with Crippen molar-refractivity contribution in [2.24, 2.45) is 11.1 Å². The maximum absolute atomic E-state index is 13.3. The molecule has 0 radical (unpaired) electrons. The van der Waals surface area contributed by atoms with Crippen LogP contribution in [0.15, 0.2) is 59.5 Å². The summed E-state index contributed by atoms with van der Waals surface area (Å²) in [6.45, 7) is 5.03. The molecule has 3 rings (SSSR count). The number of hydrogen-bond acceptors (Lipinski definition) is 4.